The third-order valence-corrected chi connectivity index (χ3v) is 2.29. The van der Waals surface area contributed by atoms with Gasteiger partial charge in [0.2, 0.25) is 0 Å². The zero-order chi connectivity index (χ0) is 11.7. The van der Waals surface area contributed by atoms with Gasteiger partial charge in [0.1, 0.15) is 11.3 Å². The Morgan fingerprint density at radius 3 is 2.62 bits per heavy atom. The number of aromatic carboxylic acids is 1. The van der Waals surface area contributed by atoms with Crippen LogP contribution in [0, 0.1) is 0 Å². The molecule has 7 heteroatoms. The summed E-state index contributed by atoms with van der Waals surface area (Å²) < 4.78 is 5.07. The molecule has 0 saturated heterocycles. The van der Waals surface area contributed by atoms with Crippen LogP contribution in [0.4, 0.5) is 0 Å². The van der Waals surface area contributed by atoms with Gasteiger partial charge in [0.25, 0.3) is 0 Å². The zero-order valence-electron chi connectivity index (χ0n) is 7.65. The minimum atomic E-state index is -1.18. The molecule has 0 bridgehead atoms. The molecular weight excluding hydrogens is 255 g/mol. The fourth-order valence-electron chi connectivity index (χ4n) is 1.10. The Balaban J connectivity index is 2.51. The third kappa shape index (κ3) is 2.00. The maximum Gasteiger partial charge on any atom is 0.338 e. The molecule has 0 aromatic carbocycles. The summed E-state index contributed by atoms with van der Waals surface area (Å²) in [5, 5.41) is 16.1. The summed E-state index contributed by atoms with van der Waals surface area (Å²) in [5.41, 5.74) is 0.118. The van der Waals surface area contributed by atoms with Crippen LogP contribution in [0.1, 0.15) is 10.4 Å². The molecule has 0 amide bonds. The Hall–Kier alpha value is -1.59. The molecule has 0 unspecified atom stereocenters. The van der Waals surface area contributed by atoms with Crippen molar-refractivity contribution in [3.8, 4) is 11.5 Å². The summed E-state index contributed by atoms with van der Waals surface area (Å²) in [5.74, 6) is -0.851. The third-order valence-electron chi connectivity index (χ3n) is 1.80. The van der Waals surface area contributed by atoms with Crippen molar-refractivity contribution in [1.82, 2.24) is 10.2 Å². The Kier molecular flexibility index (Phi) is 2.80. The second kappa shape index (κ2) is 4.11. The molecule has 82 valence electrons. The first-order valence-corrected chi connectivity index (χ1v) is 4.86. The van der Waals surface area contributed by atoms with Crippen molar-refractivity contribution in [2.24, 2.45) is 0 Å². The summed E-state index contributed by atoms with van der Waals surface area (Å²) in [6, 6.07) is 4.35. The van der Waals surface area contributed by atoms with E-state index in [2.05, 4.69) is 10.2 Å². The van der Waals surface area contributed by atoms with Crippen molar-refractivity contribution in [3.05, 3.63) is 34.1 Å². The molecule has 2 aromatic rings. The van der Waals surface area contributed by atoms with Crippen LogP contribution < -0.4 is 0 Å². The topological polar surface area (TPSA) is 76.2 Å². The molecule has 0 atom stereocenters. The standard InChI is InChI=1S/C9H4Cl2N2O3/c10-7-2-1-6(16-7)5-3-4(9(14)15)8(11)13-12-5/h1-3H,(H,14,15). The Bertz CT molecular complexity index is 553. The highest BCUT2D eigenvalue weighted by Gasteiger charge is 2.14. The van der Waals surface area contributed by atoms with Gasteiger partial charge in [-0.1, -0.05) is 11.6 Å². The number of carbonyl (C=O) groups is 1. The molecule has 2 heterocycles. The molecule has 0 aliphatic rings. The first-order chi connectivity index (χ1) is 7.58. The molecule has 16 heavy (non-hydrogen) atoms. The number of hydrogen-bond donors (Lipinski definition) is 1. The monoisotopic (exact) mass is 258 g/mol. The quantitative estimate of drug-likeness (QED) is 0.897. The van der Waals surface area contributed by atoms with Crippen LogP contribution in [0.3, 0.4) is 0 Å². The number of hydrogen-bond acceptors (Lipinski definition) is 4. The zero-order valence-corrected chi connectivity index (χ0v) is 9.16. The molecule has 0 aliphatic carbocycles. The minimum Gasteiger partial charge on any atom is -0.478 e. The molecule has 5 nitrogen and oxygen atoms in total. The van der Waals surface area contributed by atoms with Gasteiger partial charge in [0, 0.05) is 0 Å². The molecule has 0 aliphatic heterocycles. The SMILES string of the molecule is O=C(O)c1cc(-c2ccc(Cl)o2)nnc1Cl. The van der Waals surface area contributed by atoms with Gasteiger partial charge in [-0.3, -0.25) is 0 Å². The van der Waals surface area contributed by atoms with Gasteiger partial charge in [0.15, 0.2) is 16.1 Å². The average molecular weight is 259 g/mol. The van der Waals surface area contributed by atoms with Crippen LogP contribution >= 0.6 is 23.2 Å². The van der Waals surface area contributed by atoms with Crippen LogP contribution in [0.25, 0.3) is 11.5 Å². The van der Waals surface area contributed by atoms with Gasteiger partial charge in [-0.2, -0.15) is 0 Å². The van der Waals surface area contributed by atoms with E-state index in [-0.39, 0.29) is 21.6 Å². The summed E-state index contributed by atoms with van der Waals surface area (Å²) in [4.78, 5) is 10.8. The first kappa shape index (κ1) is 10.9. The number of halogens is 2. The maximum atomic E-state index is 10.8. The van der Waals surface area contributed by atoms with Crippen LogP contribution in [-0.2, 0) is 0 Å². The molecule has 0 spiro atoms. The molecule has 1 N–H and O–H groups in total. The average Bonchev–Trinajstić information content (AvgIpc) is 2.65. The molecule has 0 radical (unpaired) electrons. The number of nitrogens with zero attached hydrogens (tertiary/aromatic N) is 2. The van der Waals surface area contributed by atoms with Crippen LogP contribution in [-0.4, -0.2) is 21.3 Å². The summed E-state index contributed by atoms with van der Waals surface area (Å²) in [7, 11) is 0. The van der Waals surface area contributed by atoms with E-state index >= 15 is 0 Å². The Morgan fingerprint density at radius 2 is 2.06 bits per heavy atom. The lowest BCUT2D eigenvalue weighted by Gasteiger charge is -1.99. The van der Waals surface area contributed by atoms with Crippen molar-refractivity contribution < 1.29 is 14.3 Å². The van der Waals surface area contributed by atoms with E-state index in [1.807, 2.05) is 0 Å². The van der Waals surface area contributed by atoms with Crippen LogP contribution in [0.5, 0.6) is 0 Å². The van der Waals surface area contributed by atoms with Crippen LogP contribution in [0.2, 0.25) is 10.4 Å². The fraction of sp³-hybridized carbons (Fsp3) is 0. The number of rotatable bonds is 2. The van der Waals surface area contributed by atoms with E-state index in [1.54, 1.807) is 6.07 Å². The largest absolute Gasteiger partial charge is 0.478 e. The van der Waals surface area contributed by atoms with Gasteiger partial charge in [-0.05, 0) is 29.8 Å². The maximum absolute atomic E-state index is 10.8. The highest BCUT2D eigenvalue weighted by molar-refractivity contribution is 6.32. The molecule has 2 rings (SSSR count). The lowest BCUT2D eigenvalue weighted by Crippen LogP contribution is -2.01. The highest BCUT2D eigenvalue weighted by Crippen LogP contribution is 2.24. The van der Waals surface area contributed by atoms with E-state index in [4.69, 9.17) is 32.7 Å². The second-order valence-electron chi connectivity index (χ2n) is 2.84. The van der Waals surface area contributed by atoms with Gasteiger partial charge < -0.3 is 9.52 Å². The van der Waals surface area contributed by atoms with Crippen molar-refractivity contribution in [2.45, 2.75) is 0 Å². The van der Waals surface area contributed by atoms with Crippen molar-refractivity contribution in [3.63, 3.8) is 0 Å². The lowest BCUT2D eigenvalue weighted by atomic mass is 10.2. The predicted molar refractivity (Wildman–Crippen MR) is 56.7 cm³/mol. The smallest absolute Gasteiger partial charge is 0.338 e. The van der Waals surface area contributed by atoms with E-state index < -0.39 is 5.97 Å². The Morgan fingerprint density at radius 1 is 1.31 bits per heavy atom. The van der Waals surface area contributed by atoms with Gasteiger partial charge >= 0.3 is 5.97 Å². The van der Waals surface area contributed by atoms with E-state index in [1.165, 1.54) is 12.1 Å². The van der Waals surface area contributed by atoms with Crippen molar-refractivity contribution in [1.29, 1.82) is 0 Å². The summed E-state index contributed by atoms with van der Waals surface area (Å²) in [6.07, 6.45) is 0. The number of carboxylic acid groups (broad SMARTS) is 1. The second-order valence-corrected chi connectivity index (χ2v) is 3.57. The number of carboxylic acids is 1. The predicted octanol–water partition coefficient (Wildman–Crippen LogP) is 2.74. The Labute approximate surface area is 99.6 Å². The summed E-state index contributed by atoms with van der Waals surface area (Å²) >= 11 is 11.2. The summed E-state index contributed by atoms with van der Waals surface area (Å²) in [6.45, 7) is 0. The lowest BCUT2D eigenvalue weighted by molar-refractivity contribution is 0.0696. The van der Waals surface area contributed by atoms with Gasteiger partial charge in [-0.25, -0.2) is 4.79 Å². The minimum absolute atomic E-state index is 0.140. The van der Waals surface area contributed by atoms with Gasteiger partial charge in [0.05, 0.1) is 0 Å². The van der Waals surface area contributed by atoms with Crippen molar-refractivity contribution >= 4 is 29.2 Å². The van der Waals surface area contributed by atoms with E-state index in [9.17, 15) is 4.79 Å². The van der Waals surface area contributed by atoms with E-state index in [0.29, 0.717) is 5.76 Å². The molecule has 0 fully saturated rings. The normalized spacial score (nSPS) is 10.4. The molecular formula is C9H4Cl2N2O3. The molecule has 2 aromatic heterocycles. The van der Waals surface area contributed by atoms with E-state index in [0.717, 1.165) is 0 Å². The number of furan rings is 1. The van der Waals surface area contributed by atoms with Crippen molar-refractivity contribution in [2.75, 3.05) is 0 Å². The van der Waals surface area contributed by atoms with Gasteiger partial charge in [-0.15, -0.1) is 10.2 Å². The fourth-order valence-corrected chi connectivity index (χ4v) is 1.42. The number of aromatic nitrogens is 2. The van der Waals surface area contributed by atoms with Crippen LogP contribution in [0.15, 0.2) is 22.6 Å². The first-order valence-electron chi connectivity index (χ1n) is 4.10. The molecule has 0 saturated carbocycles. The highest BCUT2D eigenvalue weighted by atomic mass is 35.5.